The fraction of sp³-hybridized carbons (Fsp3) is 0.562. The molecule has 3 N–H and O–H groups in total. The van der Waals surface area contributed by atoms with Gasteiger partial charge in [-0.1, -0.05) is 24.6 Å². The van der Waals surface area contributed by atoms with Crippen molar-refractivity contribution in [2.45, 2.75) is 44.1 Å². The standard InChI is InChI=1S/C16H22ClNO3/c1-2-16(3-5-21-6-4-16)12-7-11(8-13(17)9-12)14(18)10-15(19)20/h7-9,14H,2-6,10,18H2,1H3,(H,19,20)/t14-/m0/s1. The highest BCUT2D eigenvalue weighted by molar-refractivity contribution is 6.30. The van der Waals surface area contributed by atoms with Gasteiger partial charge in [0.1, 0.15) is 0 Å². The summed E-state index contributed by atoms with van der Waals surface area (Å²) < 4.78 is 5.47. The first kappa shape index (κ1) is 16.3. The largest absolute Gasteiger partial charge is 0.481 e. The van der Waals surface area contributed by atoms with Gasteiger partial charge in [0.2, 0.25) is 0 Å². The Hall–Kier alpha value is -1.10. The van der Waals surface area contributed by atoms with Crippen LogP contribution >= 0.6 is 11.6 Å². The molecule has 0 aromatic heterocycles. The molecule has 116 valence electrons. The minimum absolute atomic E-state index is 0.0564. The molecule has 2 rings (SSSR count). The average molecular weight is 312 g/mol. The Balaban J connectivity index is 2.35. The molecule has 21 heavy (non-hydrogen) atoms. The Bertz CT molecular complexity index is 512. The summed E-state index contributed by atoms with van der Waals surface area (Å²) in [6, 6.07) is 5.23. The number of carboxylic acid groups (broad SMARTS) is 1. The van der Waals surface area contributed by atoms with Crippen LogP contribution in [0.3, 0.4) is 0 Å². The second-order valence-corrected chi connectivity index (χ2v) is 6.16. The molecule has 4 nitrogen and oxygen atoms in total. The number of carboxylic acids is 1. The van der Waals surface area contributed by atoms with E-state index in [1.165, 1.54) is 0 Å². The van der Waals surface area contributed by atoms with E-state index in [1.807, 2.05) is 12.1 Å². The number of hydrogen-bond acceptors (Lipinski definition) is 3. The Morgan fingerprint density at radius 1 is 1.43 bits per heavy atom. The van der Waals surface area contributed by atoms with Crippen LogP contribution in [0.25, 0.3) is 0 Å². The molecule has 1 aromatic rings. The van der Waals surface area contributed by atoms with Crippen LogP contribution in [0.15, 0.2) is 18.2 Å². The third-order valence-electron chi connectivity index (χ3n) is 4.48. The molecule has 1 heterocycles. The molecule has 0 spiro atoms. The molecule has 5 heteroatoms. The highest BCUT2D eigenvalue weighted by atomic mass is 35.5. The summed E-state index contributed by atoms with van der Waals surface area (Å²) in [6.07, 6.45) is 2.82. The smallest absolute Gasteiger partial charge is 0.305 e. The van der Waals surface area contributed by atoms with E-state index in [9.17, 15) is 4.79 Å². The van der Waals surface area contributed by atoms with Gasteiger partial charge in [-0.2, -0.15) is 0 Å². The first-order valence-corrected chi connectivity index (χ1v) is 7.71. The van der Waals surface area contributed by atoms with Crippen molar-refractivity contribution in [3.05, 3.63) is 34.3 Å². The molecule has 1 atom stereocenters. The molecule has 1 saturated heterocycles. The minimum Gasteiger partial charge on any atom is -0.481 e. The summed E-state index contributed by atoms with van der Waals surface area (Å²) in [5.74, 6) is -0.903. The van der Waals surface area contributed by atoms with E-state index in [0.29, 0.717) is 5.02 Å². The van der Waals surface area contributed by atoms with Crippen LogP contribution in [-0.4, -0.2) is 24.3 Å². The van der Waals surface area contributed by atoms with E-state index in [1.54, 1.807) is 6.07 Å². The number of nitrogens with two attached hydrogens (primary N) is 1. The lowest BCUT2D eigenvalue weighted by atomic mass is 9.71. The molecule has 0 radical (unpaired) electrons. The summed E-state index contributed by atoms with van der Waals surface area (Å²) in [5, 5.41) is 9.51. The van der Waals surface area contributed by atoms with Gasteiger partial charge in [0.25, 0.3) is 0 Å². The second kappa shape index (κ2) is 6.77. The minimum atomic E-state index is -0.903. The predicted molar refractivity (Wildman–Crippen MR) is 82.7 cm³/mol. The van der Waals surface area contributed by atoms with Gasteiger partial charge >= 0.3 is 5.97 Å². The number of rotatable bonds is 5. The molecule has 0 saturated carbocycles. The third-order valence-corrected chi connectivity index (χ3v) is 4.70. The van der Waals surface area contributed by atoms with Crippen LogP contribution in [0, 0.1) is 0 Å². The normalized spacial score (nSPS) is 19.2. The lowest BCUT2D eigenvalue weighted by Gasteiger charge is -2.37. The number of ether oxygens (including phenoxy) is 1. The van der Waals surface area contributed by atoms with Crippen molar-refractivity contribution in [3.8, 4) is 0 Å². The second-order valence-electron chi connectivity index (χ2n) is 5.72. The highest BCUT2D eigenvalue weighted by Crippen LogP contribution is 2.39. The van der Waals surface area contributed by atoms with Crippen LogP contribution in [0.2, 0.25) is 5.02 Å². The SMILES string of the molecule is CCC1(c2cc(Cl)cc([C@@H](N)CC(=O)O)c2)CCOCC1. The van der Waals surface area contributed by atoms with Crippen molar-refractivity contribution in [1.29, 1.82) is 0 Å². The van der Waals surface area contributed by atoms with Crippen molar-refractivity contribution in [2.75, 3.05) is 13.2 Å². The summed E-state index contributed by atoms with van der Waals surface area (Å²) in [7, 11) is 0. The summed E-state index contributed by atoms with van der Waals surface area (Å²) in [5.41, 5.74) is 7.98. The Kier molecular flexibility index (Phi) is 5.25. The quantitative estimate of drug-likeness (QED) is 0.875. The van der Waals surface area contributed by atoms with Gasteiger partial charge in [-0.25, -0.2) is 0 Å². The van der Waals surface area contributed by atoms with Crippen molar-refractivity contribution in [1.82, 2.24) is 0 Å². The van der Waals surface area contributed by atoms with E-state index in [-0.39, 0.29) is 11.8 Å². The Morgan fingerprint density at radius 2 is 2.10 bits per heavy atom. The van der Waals surface area contributed by atoms with Crippen molar-refractivity contribution >= 4 is 17.6 Å². The molecular formula is C16H22ClNO3. The third kappa shape index (κ3) is 3.76. The van der Waals surface area contributed by atoms with Gasteiger partial charge in [-0.15, -0.1) is 0 Å². The van der Waals surface area contributed by atoms with Crippen molar-refractivity contribution in [3.63, 3.8) is 0 Å². The molecule has 1 aliphatic rings. The number of aliphatic carboxylic acids is 1. The number of benzene rings is 1. The first-order chi connectivity index (χ1) is 9.97. The predicted octanol–water partition coefficient (Wildman–Crippen LogP) is 3.27. The number of halogens is 1. The maximum absolute atomic E-state index is 10.8. The first-order valence-electron chi connectivity index (χ1n) is 7.33. The zero-order valence-corrected chi connectivity index (χ0v) is 13.0. The van der Waals surface area contributed by atoms with E-state index >= 15 is 0 Å². The van der Waals surface area contributed by atoms with Crippen LogP contribution in [-0.2, 0) is 14.9 Å². The van der Waals surface area contributed by atoms with Crippen molar-refractivity contribution in [2.24, 2.45) is 5.73 Å². The maximum Gasteiger partial charge on any atom is 0.305 e. The van der Waals surface area contributed by atoms with Crippen LogP contribution < -0.4 is 5.73 Å². The Labute approximate surface area is 130 Å². The zero-order chi connectivity index (χ0) is 15.5. The van der Waals surface area contributed by atoms with Gasteiger partial charge in [0.15, 0.2) is 0 Å². The fourth-order valence-corrected chi connectivity index (χ4v) is 3.29. The molecule has 0 bridgehead atoms. The number of hydrogen-bond donors (Lipinski definition) is 2. The zero-order valence-electron chi connectivity index (χ0n) is 12.3. The average Bonchev–Trinajstić information content (AvgIpc) is 2.46. The maximum atomic E-state index is 10.8. The lowest BCUT2D eigenvalue weighted by molar-refractivity contribution is -0.137. The molecule has 1 aliphatic heterocycles. The summed E-state index contributed by atoms with van der Waals surface area (Å²) >= 11 is 6.23. The lowest BCUT2D eigenvalue weighted by Crippen LogP contribution is -2.33. The van der Waals surface area contributed by atoms with E-state index in [2.05, 4.69) is 6.92 Å². The van der Waals surface area contributed by atoms with Gasteiger partial charge < -0.3 is 15.6 Å². The number of carbonyl (C=O) groups is 1. The van der Waals surface area contributed by atoms with Crippen molar-refractivity contribution < 1.29 is 14.6 Å². The molecule has 1 aromatic carbocycles. The van der Waals surface area contributed by atoms with E-state index in [0.717, 1.165) is 43.6 Å². The molecule has 0 amide bonds. The molecule has 1 fully saturated rings. The fourth-order valence-electron chi connectivity index (χ4n) is 3.05. The highest BCUT2D eigenvalue weighted by Gasteiger charge is 2.33. The van der Waals surface area contributed by atoms with E-state index < -0.39 is 12.0 Å². The Morgan fingerprint density at radius 3 is 2.67 bits per heavy atom. The summed E-state index contributed by atoms with van der Waals surface area (Å²) in [4.78, 5) is 10.8. The topological polar surface area (TPSA) is 72.6 Å². The molecular weight excluding hydrogens is 290 g/mol. The van der Waals surface area contributed by atoms with Crippen LogP contribution in [0.5, 0.6) is 0 Å². The van der Waals surface area contributed by atoms with Gasteiger partial charge in [-0.3, -0.25) is 4.79 Å². The molecule has 0 aliphatic carbocycles. The van der Waals surface area contributed by atoms with E-state index in [4.69, 9.17) is 27.2 Å². The van der Waals surface area contributed by atoms with Gasteiger partial charge in [0.05, 0.1) is 6.42 Å². The van der Waals surface area contributed by atoms with Crippen LogP contribution in [0.1, 0.15) is 49.8 Å². The monoisotopic (exact) mass is 311 g/mol. The molecule has 0 unspecified atom stereocenters. The summed E-state index contributed by atoms with van der Waals surface area (Å²) in [6.45, 7) is 3.66. The van der Waals surface area contributed by atoms with Gasteiger partial charge in [-0.05, 0) is 47.9 Å². The van der Waals surface area contributed by atoms with Crippen LogP contribution in [0.4, 0.5) is 0 Å². The van der Waals surface area contributed by atoms with Gasteiger partial charge in [0, 0.05) is 24.3 Å².